The lowest BCUT2D eigenvalue weighted by molar-refractivity contribution is -0.137. The van der Waals surface area contributed by atoms with E-state index in [0.29, 0.717) is 11.4 Å². The van der Waals surface area contributed by atoms with E-state index >= 15 is 0 Å². The molecule has 2 nitrogen and oxygen atoms in total. The number of carbonyl (C=O) groups is 1. The Kier molecular flexibility index (Phi) is 6.04. The molecule has 0 saturated heterocycles. The van der Waals surface area contributed by atoms with Crippen molar-refractivity contribution in [3.8, 4) is 0 Å². The van der Waals surface area contributed by atoms with Crippen molar-refractivity contribution in [3.05, 3.63) is 95.3 Å². The Hall–Kier alpha value is -2.80. The van der Waals surface area contributed by atoms with Crippen molar-refractivity contribution in [2.75, 3.05) is 5.32 Å². The van der Waals surface area contributed by atoms with Gasteiger partial charge in [-0.1, -0.05) is 18.2 Å². The van der Waals surface area contributed by atoms with Crippen molar-refractivity contribution in [2.45, 2.75) is 16.8 Å². The van der Waals surface area contributed by atoms with Crippen LogP contribution in [-0.4, -0.2) is 5.91 Å². The fourth-order valence-corrected chi connectivity index (χ4v) is 3.28. The summed E-state index contributed by atoms with van der Waals surface area (Å²) >= 11 is 1.54. The molecule has 0 unspecified atom stereocenters. The molecule has 0 spiro atoms. The lowest BCUT2D eigenvalue weighted by atomic mass is 10.1. The van der Waals surface area contributed by atoms with Gasteiger partial charge in [0, 0.05) is 21.9 Å². The average molecular weight is 405 g/mol. The molecular weight excluding hydrogens is 390 g/mol. The van der Waals surface area contributed by atoms with Gasteiger partial charge in [0.1, 0.15) is 5.82 Å². The van der Waals surface area contributed by atoms with E-state index in [9.17, 15) is 22.4 Å². The molecule has 0 saturated carbocycles. The largest absolute Gasteiger partial charge is 0.416 e. The second-order valence-corrected chi connectivity index (χ2v) is 7.02. The number of benzene rings is 3. The number of alkyl halides is 3. The Labute approximate surface area is 163 Å². The molecule has 3 aromatic rings. The van der Waals surface area contributed by atoms with Crippen molar-refractivity contribution in [2.24, 2.45) is 0 Å². The van der Waals surface area contributed by atoms with Gasteiger partial charge in [-0.05, 0) is 60.2 Å². The van der Waals surface area contributed by atoms with E-state index in [1.165, 1.54) is 24.3 Å². The summed E-state index contributed by atoms with van der Waals surface area (Å²) in [5.41, 5.74) is 0.545. The predicted molar refractivity (Wildman–Crippen MR) is 102 cm³/mol. The van der Waals surface area contributed by atoms with Crippen LogP contribution in [0.5, 0.6) is 0 Å². The minimum atomic E-state index is -4.50. The standard InChI is InChI=1S/C21H15F4NOS/c22-17-6-10-19(11-7-17)28-13-14-4-8-18(9-5-14)26-20(27)15-2-1-3-16(12-15)21(23,24)25/h1-12H,13H2,(H,26,27). The van der Waals surface area contributed by atoms with Crippen molar-refractivity contribution in [3.63, 3.8) is 0 Å². The summed E-state index contributed by atoms with van der Waals surface area (Å²) in [5.74, 6) is -0.238. The van der Waals surface area contributed by atoms with Crippen molar-refractivity contribution < 1.29 is 22.4 Å². The SMILES string of the molecule is O=C(Nc1ccc(CSc2ccc(F)cc2)cc1)c1cccc(C(F)(F)F)c1. The van der Waals surface area contributed by atoms with Gasteiger partial charge in [-0.15, -0.1) is 11.8 Å². The average Bonchev–Trinajstić information content (AvgIpc) is 2.68. The third-order valence-electron chi connectivity index (χ3n) is 3.88. The third-order valence-corrected chi connectivity index (χ3v) is 4.97. The molecule has 1 amide bonds. The Morgan fingerprint density at radius 2 is 1.61 bits per heavy atom. The summed E-state index contributed by atoms with van der Waals surface area (Å²) in [6, 6.07) is 17.5. The van der Waals surface area contributed by atoms with Crippen LogP contribution in [-0.2, 0) is 11.9 Å². The van der Waals surface area contributed by atoms with Gasteiger partial charge in [-0.2, -0.15) is 13.2 Å². The van der Waals surface area contributed by atoms with Gasteiger partial charge in [-0.25, -0.2) is 4.39 Å². The van der Waals surface area contributed by atoms with Gasteiger partial charge in [-0.3, -0.25) is 4.79 Å². The van der Waals surface area contributed by atoms with E-state index in [1.807, 2.05) is 12.1 Å². The molecule has 0 bridgehead atoms. The highest BCUT2D eigenvalue weighted by Crippen LogP contribution is 2.30. The molecule has 0 heterocycles. The maximum atomic E-state index is 12.9. The number of hydrogen-bond donors (Lipinski definition) is 1. The first-order chi connectivity index (χ1) is 13.3. The first-order valence-electron chi connectivity index (χ1n) is 8.27. The first-order valence-corrected chi connectivity index (χ1v) is 9.26. The quantitative estimate of drug-likeness (QED) is 0.394. The van der Waals surface area contributed by atoms with E-state index < -0.39 is 17.6 Å². The van der Waals surface area contributed by atoms with E-state index in [1.54, 1.807) is 36.0 Å². The number of halogens is 4. The number of amides is 1. The Morgan fingerprint density at radius 1 is 0.929 bits per heavy atom. The first kappa shape index (κ1) is 19.9. The molecule has 0 aliphatic carbocycles. The normalized spacial score (nSPS) is 11.3. The molecule has 0 aromatic heterocycles. The van der Waals surface area contributed by atoms with Crippen LogP contribution in [0.15, 0.2) is 77.7 Å². The van der Waals surface area contributed by atoms with Crippen LogP contribution >= 0.6 is 11.8 Å². The summed E-state index contributed by atoms with van der Waals surface area (Å²) < 4.78 is 51.2. The highest BCUT2D eigenvalue weighted by atomic mass is 32.2. The molecule has 0 radical (unpaired) electrons. The molecule has 144 valence electrons. The van der Waals surface area contributed by atoms with E-state index in [4.69, 9.17) is 0 Å². The maximum absolute atomic E-state index is 12.9. The van der Waals surface area contributed by atoms with Crippen molar-refractivity contribution >= 4 is 23.4 Å². The summed E-state index contributed by atoms with van der Waals surface area (Å²) in [6.07, 6.45) is -4.50. The molecule has 28 heavy (non-hydrogen) atoms. The smallest absolute Gasteiger partial charge is 0.322 e. The predicted octanol–water partition coefficient (Wildman–Crippen LogP) is 6.39. The van der Waals surface area contributed by atoms with Crippen LogP contribution in [0, 0.1) is 5.82 Å². The van der Waals surface area contributed by atoms with Gasteiger partial charge in [0.25, 0.3) is 5.91 Å². The van der Waals surface area contributed by atoms with E-state index in [-0.39, 0.29) is 11.4 Å². The van der Waals surface area contributed by atoms with Gasteiger partial charge < -0.3 is 5.32 Å². The topological polar surface area (TPSA) is 29.1 Å². The molecule has 7 heteroatoms. The number of carbonyl (C=O) groups excluding carboxylic acids is 1. The Morgan fingerprint density at radius 3 is 2.25 bits per heavy atom. The van der Waals surface area contributed by atoms with Gasteiger partial charge >= 0.3 is 6.18 Å². The van der Waals surface area contributed by atoms with Crippen molar-refractivity contribution in [1.82, 2.24) is 0 Å². The van der Waals surface area contributed by atoms with E-state index in [0.717, 1.165) is 22.6 Å². The molecule has 0 aliphatic heterocycles. The minimum absolute atomic E-state index is 0.0641. The van der Waals surface area contributed by atoms with Crippen LogP contribution in [0.3, 0.4) is 0 Å². The minimum Gasteiger partial charge on any atom is -0.322 e. The molecule has 3 aromatic carbocycles. The molecular formula is C21H15F4NOS. The molecule has 1 N–H and O–H groups in total. The number of rotatable bonds is 5. The maximum Gasteiger partial charge on any atom is 0.416 e. The number of hydrogen-bond acceptors (Lipinski definition) is 2. The van der Waals surface area contributed by atoms with Crippen LogP contribution in [0.25, 0.3) is 0 Å². The van der Waals surface area contributed by atoms with Crippen LogP contribution in [0.2, 0.25) is 0 Å². The van der Waals surface area contributed by atoms with Crippen LogP contribution in [0.4, 0.5) is 23.2 Å². The summed E-state index contributed by atoms with van der Waals surface area (Å²) in [4.78, 5) is 13.1. The zero-order valence-corrected chi connectivity index (χ0v) is 15.3. The summed E-state index contributed by atoms with van der Waals surface area (Å²) in [6.45, 7) is 0. The van der Waals surface area contributed by atoms with Crippen molar-refractivity contribution in [1.29, 1.82) is 0 Å². The van der Waals surface area contributed by atoms with E-state index in [2.05, 4.69) is 5.32 Å². The second kappa shape index (κ2) is 8.48. The van der Waals surface area contributed by atoms with Gasteiger partial charge in [0.2, 0.25) is 0 Å². The highest BCUT2D eigenvalue weighted by Gasteiger charge is 2.30. The fraction of sp³-hybridized carbons (Fsp3) is 0.0952. The Bertz CT molecular complexity index is 953. The zero-order chi connectivity index (χ0) is 20.1. The monoisotopic (exact) mass is 405 g/mol. The molecule has 3 rings (SSSR count). The van der Waals surface area contributed by atoms with Gasteiger partial charge in [0.05, 0.1) is 5.56 Å². The number of anilines is 1. The Balaban J connectivity index is 1.61. The number of nitrogens with one attached hydrogen (secondary N) is 1. The zero-order valence-electron chi connectivity index (χ0n) is 14.5. The fourth-order valence-electron chi connectivity index (χ4n) is 2.42. The van der Waals surface area contributed by atoms with Crippen LogP contribution in [0.1, 0.15) is 21.5 Å². The summed E-state index contributed by atoms with van der Waals surface area (Å²) in [5, 5.41) is 2.59. The summed E-state index contributed by atoms with van der Waals surface area (Å²) in [7, 11) is 0. The van der Waals surface area contributed by atoms with Gasteiger partial charge in [0.15, 0.2) is 0 Å². The highest BCUT2D eigenvalue weighted by molar-refractivity contribution is 7.98. The molecule has 0 atom stereocenters. The number of thioether (sulfide) groups is 1. The molecule has 0 fully saturated rings. The molecule has 0 aliphatic rings. The van der Waals surface area contributed by atoms with Crippen LogP contribution < -0.4 is 5.32 Å². The lowest BCUT2D eigenvalue weighted by Gasteiger charge is -2.10. The third kappa shape index (κ3) is 5.36. The lowest BCUT2D eigenvalue weighted by Crippen LogP contribution is -2.13. The second-order valence-electron chi connectivity index (χ2n) is 5.97.